The number of nitrogens with one attached hydrogen (secondary N) is 1. The third kappa shape index (κ3) is 3.21. The Kier molecular flexibility index (Phi) is 4.43. The lowest BCUT2D eigenvalue weighted by atomic mass is 10.2. The number of hydrogen-bond acceptors (Lipinski definition) is 5. The Morgan fingerprint density at radius 3 is 2.48 bits per heavy atom. The number of carbonyl (C=O) groups excluding carboxylic acids is 1. The molecule has 6 nitrogen and oxygen atoms in total. The topological polar surface area (TPSA) is 69.3 Å². The number of piperazine rings is 1. The van der Waals surface area contributed by atoms with Crippen LogP contribution in [0.15, 0.2) is 29.1 Å². The van der Waals surface area contributed by atoms with Gasteiger partial charge in [0, 0.05) is 31.9 Å². The van der Waals surface area contributed by atoms with E-state index in [0.29, 0.717) is 52.7 Å². The van der Waals surface area contributed by atoms with Crippen molar-refractivity contribution >= 4 is 33.1 Å². The molecule has 0 bridgehead atoms. The summed E-state index contributed by atoms with van der Waals surface area (Å²) in [7, 11) is 0. The molecule has 3 heterocycles. The van der Waals surface area contributed by atoms with Crippen molar-refractivity contribution in [3.8, 4) is 0 Å². The first kappa shape index (κ1) is 17.7. The maximum Gasteiger partial charge on any atom is 0.264 e. The van der Waals surface area contributed by atoms with Crippen molar-refractivity contribution in [3.05, 3.63) is 56.7 Å². The standard InChI is InChI=1S/C19H19FN4O2S/c1-11-15-17(25)21-12(2)22-18(15)27-16(11)19(26)24-9-7-23(8-10-24)14-5-3-13(20)4-6-14/h3-6H,7-10H2,1-2H3,(H,21,22,25). The lowest BCUT2D eigenvalue weighted by molar-refractivity contribution is 0.0751. The van der Waals surface area contributed by atoms with Crippen molar-refractivity contribution in [1.82, 2.24) is 14.9 Å². The molecule has 0 unspecified atom stereocenters. The zero-order valence-corrected chi connectivity index (χ0v) is 15.9. The molecule has 27 heavy (non-hydrogen) atoms. The highest BCUT2D eigenvalue weighted by Crippen LogP contribution is 2.28. The van der Waals surface area contributed by atoms with Gasteiger partial charge in [-0.25, -0.2) is 9.37 Å². The number of carbonyl (C=O) groups is 1. The van der Waals surface area contributed by atoms with E-state index in [1.807, 2.05) is 0 Å². The monoisotopic (exact) mass is 386 g/mol. The molecule has 0 aliphatic carbocycles. The summed E-state index contributed by atoms with van der Waals surface area (Å²) < 4.78 is 13.1. The Balaban J connectivity index is 1.54. The van der Waals surface area contributed by atoms with Gasteiger partial charge in [-0.3, -0.25) is 9.59 Å². The molecule has 3 aromatic rings. The summed E-state index contributed by atoms with van der Waals surface area (Å²) in [5.41, 5.74) is 1.44. The van der Waals surface area contributed by atoms with E-state index in [4.69, 9.17) is 0 Å². The molecule has 1 aliphatic heterocycles. The average molecular weight is 386 g/mol. The first-order valence-corrected chi connectivity index (χ1v) is 9.55. The Hall–Kier alpha value is -2.74. The summed E-state index contributed by atoms with van der Waals surface area (Å²) in [6, 6.07) is 6.40. The minimum absolute atomic E-state index is 0.0636. The van der Waals surface area contributed by atoms with Crippen LogP contribution in [0.4, 0.5) is 10.1 Å². The van der Waals surface area contributed by atoms with Crippen LogP contribution < -0.4 is 10.5 Å². The van der Waals surface area contributed by atoms with E-state index >= 15 is 0 Å². The molecule has 1 amide bonds. The van der Waals surface area contributed by atoms with Crippen LogP contribution in [-0.2, 0) is 0 Å². The van der Waals surface area contributed by atoms with E-state index in [-0.39, 0.29) is 17.3 Å². The van der Waals surface area contributed by atoms with Gasteiger partial charge in [-0.15, -0.1) is 11.3 Å². The second-order valence-corrected chi connectivity index (χ2v) is 7.64. The fourth-order valence-corrected chi connectivity index (χ4v) is 4.61. The van der Waals surface area contributed by atoms with Gasteiger partial charge in [0.05, 0.1) is 10.3 Å². The number of benzene rings is 1. The van der Waals surface area contributed by atoms with Gasteiger partial charge >= 0.3 is 0 Å². The highest BCUT2D eigenvalue weighted by atomic mass is 32.1. The number of aromatic nitrogens is 2. The number of thiophene rings is 1. The number of anilines is 1. The quantitative estimate of drug-likeness (QED) is 0.735. The van der Waals surface area contributed by atoms with E-state index in [2.05, 4.69) is 14.9 Å². The van der Waals surface area contributed by atoms with Crippen molar-refractivity contribution in [3.63, 3.8) is 0 Å². The largest absolute Gasteiger partial charge is 0.368 e. The maximum atomic E-state index is 13.1. The molecule has 0 radical (unpaired) electrons. The van der Waals surface area contributed by atoms with Crippen LogP contribution in [-0.4, -0.2) is 47.0 Å². The molecule has 8 heteroatoms. The Bertz CT molecular complexity index is 1070. The average Bonchev–Trinajstić information content (AvgIpc) is 2.98. The Morgan fingerprint density at radius 2 is 1.81 bits per heavy atom. The van der Waals surface area contributed by atoms with Crippen LogP contribution in [0.5, 0.6) is 0 Å². The SMILES string of the molecule is Cc1nc2sc(C(=O)N3CCN(c4ccc(F)cc4)CC3)c(C)c2c(=O)[nH]1. The van der Waals surface area contributed by atoms with E-state index in [1.165, 1.54) is 23.5 Å². The highest BCUT2D eigenvalue weighted by molar-refractivity contribution is 7.20. The lowest BCUT2D eigenvalue weighted by Crippen LogP contribution is -2.48. The Labute approximate surface area is 159 Å². The summed E-state index contributed by atoms with van der Waals surface area (Å²) in [4.78, 5) is 37.4. The number of halogens is 1. The van der Waals surface area contributed by atoms with Crippen molar-refractivity contribution in [2.75, 3.05) is 31.1 Å². The zero-order chi connectivity index (χ0) is 19.1. The number of aryl methyl sites for hydroxylation is 2. The van der Waals surface area contributed by atoms with E-state index < -0.39 is 0 Å². The Morgan fingerprint density at radius 1 is 1.15 bits per heavy atom. The zero-order valence-electron chi connectivity index (χ0n) is 15.1. The lowest BCUT2D eigenvalue weighted by Gasteiger charge is -2.36. The van der Waals surface area contributed by atoms with Crippen LogP contribution in [0.3, 0.4) is 0 Å². The third-order valence-electron chi connectivity index (χ3n) is 4.87. The molecule has 1 N–H and O–H groups in total. The summed E-state index contributed by atoms with van der Waals surface area (Å²) in [6.07, 6.45) is 0. The molecule has 1 fully saturated rings. The number of nitrogens with zero attached hydrogens (tertiary/aromatic N) is 3. The highest BCUT2D eigenvalue weighted by Gasteiger charge is 2.26. The normalized spacial score (nSPS) is 14.8. The van der Waals surface area contributed by atoms with Gasteiger partial charge in [-0.1, -0.05) is 0 Å². The summed E-state index contributed by atoms with van der Waals surface area (Å²) in [5, 5.41) is 0.499. The van der Waals surface area contributed by atoms with E-state index in [9.17, 15) is 14.0 Å². The molecule has 4 rings (SSSR count). The van der Waals surface area contributed by atoms with Gasteiger partial charge in [0.1, 0.15) is 16.5 Å². The van der Waals surface area contributed by atoms with Crippen molar-refractivity contribution < 1.29 is 9.18 Å². The predicted octanol–water partition coefficient (Wildman–Crippen LogP) is 2.70. The van der Waals surface area contributed by atoms with Gasteiger partial charge in [0.25, 0.3) is 11.5 Å². The smallest absolute Gasteiger partial charge is 0.264 e. The fraction of sp³-hybridized carbons (Fsp3) is 0.316. The summed E-state index contributed by atoms with van der Waals surface area (Å²) in [6.45, 7) is 6.04. The van der Waals surface area contributed by atoms with Crippen LogP contribution in [0.2, 0.25) is 0 Å². The number of rotatable bonds is 2. The van der Waals surface area contributed by atoms with Crippen LogP contribution in [0.25, 0.3) is 10.2 Å². The van der Waals surface area contributed by atoms with Crippen LogP contribution in [0.1, 0.15) is 21.1 Å². The first-order valence-electron chi connectivity index (χ1n) is 8.74. The van der Waals surface area contributed by atoms with Crippen LogP contribution in [0, 0.1) is 19.7 Å². The molecule has 2 aromatic heterocycles. The molecule has 1 aliphatic rings. The number of H-pyrrole nitrogens is 1. The van der Waals surface area contributed by atoms with Gasteiger partial charge < -0.3 is 14.8 Å². The maximum absolute atomic E-state index is 13.1. The van der Waals surface area contributed by atoms with Gasteiger partial charge in [0.2, 0.25) is 0 Å². The molecular weight excluding hydrogens is 367 g/mol. The number of amides is 1. The fourth-order valence-electron chi connectivity index (χ4n) is 3.42. The molecule has 140 valence electrons. The van der Waals surface area contributed by atoms with Gasteiger partial charge in [-0.2, -0.15) is 0 Å². The van der Waals surface area contributed by atoms with Crippen molar-refractivity contribution in [2.45, 2.75) is 13.8 Å². The van der Waals surface area contributed by atoms with Crippen molar-refractivity contribution in [1.29, 1.82) is 0 Å². The summed E-state index contributed by atoms with van der Waals surface area (Å²) in [5.74, 6) is 0.221. The van der Waals surface area contributed by atoms with Crippen LogP contribution >= 0.6 is 11.3 Å². The van der Waals surface area contributed by atoms with Crippen molar-refractivity contribution in [2.24, 2.45) is 0 Å². The number of aromatic amines is 1. The molecule has 0 saturated carbocycles. The molecule has 1 aromatic carbocycles. The van der Waals surface area contributed by atoms with Gasteiger partial charge in [-0.05, 0) is 43.7 Å². The molecule has 0 atom stereocenters. The molecule has 0 spiro atoms. The van der Waals surface area contributed by atoms with E-state index in [1.54, 1.807) is 30.9 Å². The predicted molar refractivity (Wildman–Crippen MR) is 104 cm³/mol. The first-order chi connectivity index (χ1) is 12.9. The van der Waals surface area contributed by atoms with Gasteiger partial charge in [0.15, 0.2) is 0 Å². The third-order valence-corrected chi connectivity index (χ3v) is 6.05. The molecular formula is C19H19FN4O2S. The molecule has 1 saturated heterocycles. The number of hydrogen-bond donors (Lipinski definition) is 1. The number of fused-ring (bicyclic) bond motifs is 1. The van der Waals surface area contributed by atoms with E-state index in [0.717, 1.165) is 5.69 Å². The summed E-state index contributed by atoms with van der Waals surface area (Å²) >= 11 is 1.28. The minimum Gasteiger partial charge on any atom is -0.368 e. The second-order valence-electron chi connectivity index (χ2n) is 6.64. The second kappa shape index (κ2) is 6.77. The minimum atomic E-state index is -0.258.